The molecule has 16 aliphatic rings. The summed E-state index contributed by atoms with van der Waals surface area (Å²) in [6.45, 7) is 55.5. The first-order chi connectivity index (χ1) is 63.9. The zero-order valence-electron chi connectivity index (χ0n) is 90.0. The third-order valence-electron chi connectivity index (χ3n) is 44.5. The van der Waals surface area contributed by atoms with Crippen LogP contribution in [0.1, 0.15) is 397 Å². The van der Waals surface area contributed by atoms with Crippen LogP contribution in [0.5, 0.6) is 0 Å². The van der Waals surface area contributed by atoms with Gasteiger partial charge < -0.3 is 78.7 Å². The zero-order valence-corrected chi connectivity index (χ0v) is 90.0. The summed E-state index contributed by atoms with van der Waals surface area (Å²) in [5.41, 5.74) is 0.358. The largest absolute Gasteiger partial charge is 0.481 e. The summed E-state index contributed by atoms with van der Waals surface area (Å²) < 4.78 is 51.1. The molecule has 0 aromatic rings. The van der Waals surface area contributed by atoms with E-state index in [2.05, 4.69) is 166 Å². The third-order valence-corrected chi connectivity index (χ3v) is 44.5. The van der Waals surface area contributed by atoms with Gasteiger partial charge in [0.25, 0.3) is 0 Å². The Morgan fingerprint density at radius 3 is 0.750 bits per heavy atom. The summed E-state index contributed by atoms with van der Waals surface area (Å²) in [4.78, 5) is 44.9. The number of aliphatic hydroxyl groups excluding tert-OH is 4. The van der Waals surface area contributed by atoms with Crippen LogP contribution >= 0.6 is 0 Å². The van der Waals surface area contributed by atoms with Crippen molar-refractivity contribution >= 4 is 23.9 Å². The fraction of sp³-hybridized carbons (Fsp3) is 0.966. The lowest BCUT2D eigenvalue weighted by Gasteiger charge is -2.64. The molecule has 44 atom stereocenters. The number of carbonyl (C=O) groups is 4. The Bertz CT molecular complexity index is 3870. The quantitative estimate of drug-likeness (QED) is 0.0320. The van der Waals surface area contributed by atoms with Crippen LogP contribution in [-0.2, 0) is 57.1 Å². The van der Waals surface area contributed by atoms with E-state index in [1.807, 2.05) is 7.11 Å². The van der Waals surface area contributed by atoms with Crippen LogP contribution < -0.4 is 0 Å². The average Bonchev–Trinajstić information content (AvgIpc) is 1.47. The van der Waals surface area contributed by atoms with Crippen molar-refractivity contribution in [1.82, 2.24) is 0 Å². The average molecular weight is 1910 g/mol. The number of methoxy groups -OCH3 is 1. The zero-order chi connectivity index (χ0) is 99.5. The molecule has 0 spiro atoms. The van der Waals surface area contributed by atoms with E-state index in [-0.39, 0.29) is 148 Å². The SMILES string of the molecule is CC(C)OC1CCC2(C)C(C1)CC(OC(C)C)C1C2CC(O)C2(C)C(C(C)CCC(=O)O)CCC12.CCOC1CC2CC(OC(C)C)CCC2(C)C2CC(O)C3(C)C(C(C)CCC(=O)O)CCC3C12.CCOC1CCC2(C)C(C1)CC(OC(C)C)C1C2CC(O)C2(C)C(C(C)CCC(=O)O)CCC12.COC1CCC2(C)C(C1)CC(OC(C)C)C1C2CC(O)C2(C)C(C(C)CCC(=O)O)CCC12. The monoisotopic (exact) mass is 1910 g/mol. The van der Waals surface area contributed by atoms with Crippen LogP contribution in [0.4, 0.5) is 0 Å². The van der Waals surface area contributed by atoms with Crippen LogP contribution in [0, 0.1) is 185 Å². The van der Waals surface area contributed by atoms with Crippen molar-refractivity contribution in [3.05, 3.63) is 0 Å². The van der Waals surface area contributed by atoms with E-state index in [0.29, 0.717) is 192 Å². The highest BCUT2D eigenvalue weighted by Gasteiger charge is 2.72. The van der Waals surface area contributed by atoms with Crippen LogP contribution in [0.2, 0.25) is 0 Å². The molecular formula is C116H200O20. The second-order valence-electron chi connectivity index (χ2n) is 52.6. The van der Waals surface area contributed by atoms with Gasteiger partial charge in [-0.15, -0.1) is 0 Å². The number of aliphatic hydroxyl groups is 4. The molecule has 8 N–H and O–H groups in total. The van der Waals surface area contributed by atoms with Crippen molar-refractivity contribution in [2.75, 3.05) is 20.3 Å². The Hall–Kier alpha value is -2.60. The van der Waals surface area contributed by atoms with E-state index >= 15 is 0 Å². The topological polar surface area (TPSA) is 304 Å². The van der Waals surface area contributed by atoms with Crippen molar-refractivity contribution in [2.45, 2.75) is 501 Å². The molecule has 0 aliphatic heterocycles. The second kappa shape index (κ2) is 44.6. The number of fused-ring (bicyclic) bond motifs is 20. The van der Waals surface area contributed by atoms with Crippen LogP contribution in [0.15, 0.2) is 0 Å². The van der Waals surface area contributed by atoms with Gasteiger partial charge in [0.05, 0.1) is 104 Å². The molecule has 0 bridgehead atoms. The molecule has 16 rings (SSSR count). The van der Waals surface area contributed by atoms with Gasteiger partial charge in [0, 0.05) is 46.0 Å². The Balaban J connectivity index is 0.000000153. The maximum atomic E-state index is 11.8. The fourth-order valence-corrected chi connectivity index (χ4v) is 38.1. The van der Waals surface area contributed by atoms with Crippen molar-refractivity contribution < 1.29 is 97.9 Å². The van der Waals surface area contributed by atoms with E-state index in [4.69, 9.17) is 37.9 Å². The number of carboxylic acid groups (broad SMARTS) is 4. The molecule has 0 aromatic heterocycles. The van der Waals surface area contributed by atoms with E-state index in [1.54, 1.807) is 0 Å². The summed E-state index contributed by atoms with van der Waals surface area (Å²) in [7, 11) is 1.85. The first-order valence-electron chi connectivity index (χ1n) is 56.6. The first-order valence-corrected chi connectivity index (χ1v) is 56.6. The summed E-state index contributed by atoms with van der Waals surface area (Å²) in [6, 6.07) is 0. The number of aliphatic carboxylic acids is 4. The minimum Gasteiger partial charge on any atom is -0.481 e. The standard InChI is InChI=1S/C30H52O5.2C29H50O5.C28H48O5/c1-17(2)34-21-12-13-29(6)20(14-21)15-25(35-18(3)4)28-23-10-9-22(19(5)8-11-27(32)33)30(23,7)26(31)16-24(28)29;1-7-33-24-15-19-14-20(34-17(2)3)12-13-28(19,5)23-16-25(30)29(6)21(9-10-22(29)27(23)24)18(4)8-11-26(31)32;1-7-33-20-12-13-28(5)19(14-20)15-24(34-17(2)3)27-22-10-9-21(18(4)8-11-26(31)32)29(22,6)25(30)16-23(27)28;1-16(2)33-23-14-18-13-19(32-6)11-12-27(18,4)22-15-24(29)28(5)20(8-9-21(28)26(22)23)17(3)7-10-25(30)31/h17-26,28,31H,8-16H2,1-7H3,(H,32,33);2*17-25,27,30H,7-16H2,1-6H3,(H,31,32);16-24,26,29H,7-15H2,1-6H3,(H,30,31). The number of rotatable bonds is 31. The van der Waals surface area contributed by atoms with Gasteiger partial charge in [-0.3, -0.25) is 19.2 Å². The predicted molar refractivity (Wildman–Crippen MR) is 534 cm³/mol. The molecule has 20 heteroatoms. The fourth-order valence-electron chi connectivity index (χ4n) is 38.1. The van der Waals surface area contributed by atoms with Gasteiger partial charge in [-0.1, -0.05) is 83.1 Å². The number of ether oxygens (including phenoxy) is 8. The molecular weight excluding hydrogens is 1710 g/mol. The number of hydrogen-bond acceptors (Lipinski definition) is 16. The Labute approximate surface area is 824 Å². The molecule has 16 fully saturated rings. The van der Waals surface area contributed by atoms with E-state index < -0.39 is 23.9 Å². The molecule has 136 heavy (non-hydrogen) atoms. The molecule has 16 aliphatic carbocycles. The van der Waals surface area contributed by atoms with E-state index in [1.165, 1.54) is 25.7 Å². The lowest BCUT2D eigenvalue weighted by atomic mass is 9.43. The van der Waals surface area contributed by atoms with E-state index in [0.717, 1.165) is 167 Å². The molecule has 784 valence electrons. The molecule has 0 aromatic carbocycles. The summed E-state index contributed by atoms with van der Waals surface area (Å²) in [5.74, 6) is 7.95. The molecule has 16 saturated carbocycles. The molecule has 20 nitrogen and oxygen atoms in total. The molecule has 0 heterocycles. The maximum Gasteiger partial charge on any atom is 0.303 e. The van der Waals surface area contributed by atoms with Gasteiger partial charge in [-0.2, -0.15) is 0 Å². The van der Waals surface area contributed by atoms with Crippen LogP contribution in [-0.4, -0.2) is 189 Å². The molecule has 0 radical (unpaired) electrons. The summed E-state index contributed by atoms with van der Waals surface area (Å²) >= 11 is 0. The van der Waals surface area contributed by atoms with Gasteiger partial charge in [-0.05, 0) is 474 Å². The number of hydrogen-bond donors (Lipinski definition) is 8. The van der Waals surface area contributed by atoms with Gasteiger partial charge in [-0.25, -0.2) is 0 Å². The smallest absolute Gasteiger partial charge is 0.303 e. The summed E-state index contributed by atoms with van der Waals surface area (Å²) in [6.07, 6.45) is 36.5. The lowest BCUT2D eigenvalue weighted by Crippen LogP contribution is -2.63. The normalized spacial score (nSPS) is 47.1. The second-order valence-corrected chi connectivity index (χ2v) is 52.6. The minimum atomic E-state index is -0.714. The van der Waals surface area contributed by atoms with Gasteiger partial charge in [0.15, 0.2) is 0 Å². The van der Waals surface area contributed by atoms with Crippen LogP contribution in [0.3, 0.4) is 0 Å². The Kier molecular flexibility index (Phi) is 36.3. The minimum absolute atomic E-state index is 0.143. The molecule has 0 saturated heterocycles. The third kappa shape index (κ3) is 21.6. The van der Waals surface area contributed by atoms with Crippen molar-refractivity contribution in [1.29, 1.82) is 0 Å². The van der Waals surface area contributed by atoms with Gasteiger partial charge >= 0.3 is 23.9 Å². The van der Waals surface area contributed by atoms with Crippen molar-refractivity contribution in [3.8, 4) is 0 Å². The molecule has 0 amide bonds. The van der Waals surface area contributed by atoms with Gasteiger partial charge in [0.1, 0.15) is 0 Å². The highest BCUT2D eigenvalue weighted by atomic mass is 16.5. The number of carboxylic acids is 4. The predicted octanol–water partition coefficient (Wildman–Crippen LogP) is 23.7. The van der Waals surface area contributed by atoms with Crippen LogP contribution in [0.25, 0.3) is 0 Å². The molecule has 44 unspecified atom stereocenters. The highest BCUT2D eigenvalue weighted by molar-refractivity contribution is 5.67. The Morgan fingerprint density at radius 1 is 0.279 bits per heavy atom. The lowest BCUT2D eigenvalue weighted by molar-refractivity contribution is -0.225. The van der Waals surface area contributed by atoms with E-state index in [9.17, 15) is 60.0 Å². The van der Waals surface area contributed by atoms with Gasteiger partial charge in [0.2, 0.25) is 0 Å². The van der Waals surface area contributed by atoms with Crippen molar-refractivity contribution in [3.63, 3.8) is 0 Å². The Morgan fingerprint density at radius 2 is 0.507 bits per heavy atom. The van der Waals surface area contributed by atoms with Crippen molar-refractivity contribution in [2.24, 2.45) is 185 Å². The first kappa shape index (κ1) is 111. The maximum absolute atomic E-state index is 11.8. The summed E-state index contributed by atoms with van der Waals surface area (Å²) in [5, 5.41) is 84.1. The highest BCUT2D eigenvalue weighted by Crippen LogP contribution is 2.75.